The largest absolute Gasteiger partial charge is 0.393 e. The Labute approximate surface area is 197 Å². The minimum atomic E-state index is -0.537. The standard InChI is InChI=1S/C21H21ClN8O2S/c1-9-2-17-28-12-6-23-11(19-25-8-26-29-19)5-13(12)30(17)14-3-10(4-15(31)18(9)14)27-20(32)21-24-7-16(22)33-21/h5-10,14-15,18,31H,2-4H2,1H3,(H,27,32)(H,25,26,29)/t9?,10?,14-,15-,18?/m0/s1. The molecular formula is C21H21ClN8O2S. The van der Waals surface area contributed by atoms with Gasteiger partial charge in [-0.1, -0.05) is 29.9 Å². The number of hydrogen-bond donors (Lipinski definition) is 3. The van der Waals surface area contributed by atoms with E-state index in [1.54, 1.807) is 6.20 Å². The zero-order chi connectivity index (χ0) is 22.7. The number of pyridine rings is 1. The highest BCUT2D eigenvalue weighted by molar-refractivity contribution is 7.17. The zero-order valence-corrected chi connectivity index (χ0v) is 19.2. The highest BCUT2D eigenvalue weighted by atomic mass is 35.5. The molecule has 6 rings (SSSR count). The molecule has 12 heteroatoms. The molecule has 4 aromatic heterocycles. The Morgan fingerprint density at radius 3 is 2.94 bits per heavy atom. The van der Waals surface area contributed by atoms with E-state index in [1.807, 2.05) is 6.07 Å². The highest BCUT2D eigenvalue weighted by Gasteiger charge is 2.45. The van der Waals surface area contributed by atoms with Crippen molar-refractivity contribution < 1.29 is 9.90 Å². The number of aromatic nitrogens is 7. The Hall–Kier alpha value is -2.89. The molecule has 5 heterocycles. The lowest BCUT2D eigenvalue weighted by Crippen LogP contribution is -2.51. The van der Waals surface area contributed by atoms with Crippen LogP contribution < -0.4 is 5.32 Å². The number of halogens is 1. The predicted molar refractivity (Wildman–Crippen MR) is 122 cm³/mol. The summed E-state index contributed by atoms with van der Waals surface area (Å²) in [5.74, 6) is 1.63. The van der Waals surface area contributed by atoms with Crippen LogP contribution in [0.3, 0.4) is 0 Å². The third-order valence-electron chi connectivity index (χ3n) is 6.75. The van der Waals surface area contributed by atoms with Crippen molar-refractivity contribution >= 4 is 39.9 Å². The van der Waals surface area contributed by atoms with Gasteiger partial charge in [0.15, 0.2) is 10.8 Å². The minimum Gasteiger partial charge on any atom is -0.393 e. The van der Waals surface area contributed by atoms with Crippen LogP contribution in [0.4, 0.5) is 0 Å². The molecule has 10 nitrogen and oxygen atoms in total. The lowest BCUT2D eigenvalue weighted by atomic mass is 9.70. The number of amides is 1. The topological polar surface area (TPSA) is 134 Å². The monoisotopic (exact) mass is 484 g/mol. The number of fused-ring (bicyclic) bond motifs is 5. The Bertz CT molecular complexity index is 1340. The van der Waals surface area contributed by atoms with E-state index >= 15 is 0 Å². The van der Waals surface area contributed by atoms with E-state index in [9.17, 15) is 9.90 Å². The smallest absolute Gasteiger partial charge is 0.280 e. The van der Waals surface area contributed by atoms with Gasteiger partial charge in [0.2, 0.25) is 0 Å². The van der Waals surface area contributed by atoms with Gasteiger partial charge < -0.3 is 15.0 Å². The molecule has 0 saturated heterocycles. The molecule has 5 atom stereocenters. The zero-order valence-electron chi connectivity index (χ0n) is 17.6. The van der Waals surface area contributed by atoms with E-state index in [-0.39, 0.29) is 29.8 Å². The van der Waals surface area contributed by atoms with Crippen molar-refractivity contribution in [3.63, 3.8) is 0 Å². The fraction of sp³-hybridized carbons (Fsp3) is 0.429. The maximum atomic E-state index is 12.7. The summed E-state index contributed by atoms with van der Waals surface area (Å²) in [5, 5.41) is 21.3. The summed E-state index contributed by atoms with van der Waals surface area (Å²) in [6.45, 7) is 2.17. The van der Waals surface area contributed by atoms with Gasteiger partial charge in [-0.2, -0.15) is 5.10 Å². The molecule has 3 unspecified atom stereocenters. The van der Waals surface area contributed by atoms with Crippen LogP contribution in [0.25, 0.3) is 22.6 Å². The Morgan fingerprint density at radius 2 is 2.18 bits per heavy atom. The number of imidazole rings is 1. The van der Waals surface area contributed by atoms with Gasteiger partial charge in [0.25, 0.3) is 5.91 Å². The van der Waals surface area contributed by atoms with E-state index in [2.05, 4.69) is 42.0 Å². The second-order valence-electron chi connectivity index (χ2n) is 8.80. The Kier molecular flexibility index (Phi) is 4.93. The molecular weight excluding hydrogens is 464 g/mol. The van der Waals surface area contributed by atoms with Crippen molar-refractivity contribution in [2.75, 3.05) is 0 Å². The van der Waals surface area contributed by atoms with E-state index in [4.69, 9.17) is 16.6 Å². The molecule has 170 valence electrons. The first-order valence-electron chi connectivity index (χ1n) is 10.8. The molecule has 1 saturated carbocycles. The van der Waals surface area contributed by atoms with Crippen molar-refractivity contribution in [1.29, 1.82) is 0 Å². The van der Waals surface area contributed by atoms with Crippen LogP contribution in [0.2, 0.25) is 4.34 Å². The number of aliphatic hydroxyl groups excluding tert-OH is 1. The summed E-state index contributed by atoms with van der Waals surface area (Å²) < 4.78 is 2.69. The first kappa shape index (κ1) is 20.7. The summed E-state index contributed by atoms with van der Waals surface area (Å²) in [5.41, 5.74) is 2.43. The summed E-state index contributed by atoms with van der Waals surface area (Å²) in [4.78, 5) is 30.3. The Morgan fingerprint density at radius 1 is 1.30 bits per heavy atom. The van der Waals surface area contributed by atoms with Crippen LogP contribution in [0, 0.1) is 11.8 Å². The third-order valence-corrected chi connectivity index (χ3v) is 7.86. The quantitative estimate of drug-likeness (QED) is 0.406. The van der Waals surface area contributed by atoms with Crippen molar-refractivity contribution in [2.45, 2.75) is 44.4 Å². The van der Waals surface area contributed by atoms with Crippen LogP contribution in [0.15, 0.2) is 24.8 Å². The number of thiazole rings is 1. The van der Waals surface area contributed by atoms with Crippen LogP contribution in [0.1, 0.15) is 41.4 Å². The van der Waals surface area contributed by atoms with Crippen molar-refractivity contribution in [3.05, 3.63) is 40.0 Å². The lowest BCUT2D eigenvalue weighted by Gasteiger charge is -2.46. The number of nitrogens with one attached hydrogen (secondary N) is 2. The first-order chi connectivity index (χ1) is 16.0. The number of carbonyl (C=O) groups is 1. The highest BCUT2D eigenvalue weighted by Crippen LogP contribution is 2.45. The van der Waals surface area contributed by atoms with Crippen molar-refractivity contribution in [3.8, 4) is 11.5 Å². The minimum absolute atomic E-state index is 0.00680. The van der Waals surface area contributed by atoms with E-state index in [0.29, 0.717) is 33.7 Å². The van der Waals surface area contributed by atoms with Gasteiger partial charge in [-0.05, 0) is 24.8 Å². The summed E-state index contributed by atoms with van der Waals surface area (Å²) in [6.07, 6.45) is 6.11. The molecule has 33 heavy (non-hydrogen) atoms. The van der Waals surface area contributed by atoms with Gasteiger partial charge in [-0.25, -0.2) is 15.0 Å². The SMILES string of the molecule is CC1Cc2nc3cnc(-c4ncn[nH]4)cc3n2[C@H]2CC(NC(=O)c3ncc(Cl)s3)C[C@H](O)C12. The van der Waals surface area contributed by atoms with Gasteiger partial charge in [0.1, 0.15) is 27.7 Å². The number of H-pyrrole nitrogens is 1. The molecule has 1 aliphatic heterocycles. The van der Waals surface area contributed by atoms with Crippen LogP contribution in [0.5, 0.6) is 0 Å². The fourth-order valence-corrected chi connectivity index (χ4v) is 6.27. The summed E-state index contributed by atoms with van der Waals surface area (Å²) in [7, 11) is 0. The fourth-order valence-electron chi connectivity index (χ4n) is 5.46. The number of nitrogens with zero attached hydrogens (tertiary/aromatic N) is 6. The van der Waals surface area contributed by atoms with Gasteiger partial charge in [0, 0.05) is 24.4 Å². The summed E-state index contributed by atoms with van der Waals surface area (Å²) in [6, 6.07) is 1.76. The maximum Gasteiger partial charge on any atom is 0.280 e. The van der Waals surface area contributed by atoms with Crippen molar-refractivity contribution in [1.82, 2.24) is 40.0 Å². The van der Waals surface area contributed by atoms with E-state index in [1.165, 1.54) is 12.5 Å². The average molecular weight is 485 g/mol. The second kappa shape index (κ2) is 7.86. The molecule has 1 amide bonds. The lowest BCUT2D eigenvalue weighted by molar-refractivity contribution is -0.0143. The van der Waals surface area contributed by atoms with Gasteiger partial charge >= 0.3 is 0 Å². The number of aliphatic hydroxyl groups is 1. The number of rotatable bonds is 3. The molecule has 1 fully saturated rings. The maximum absolute atomic E-state index is 12.7. The normalized spacial score (nSPS) is 26.7. The Balaban J connectivity index is 1.36. The molecule has 0 bridgehead atoms. The van der Waals surface area contributed by atoms with Gasteiger partial charge in [-0.3, -0.25) is 14.9 Å². The first-order valence-corrected chi connectivity index (χ1v) is 12.0. The van der Waals surface area contributed by atoms with E-state index < -0.39 is 6.10 Å². The number of aromatic amines is 1. The van der Waals surface area contributed by atoms with Gasteiger partial charge in [0.05, 0.1) is 24.0 Å². The molecule has 2 aliphatic rings. The molecule has 0 radical (unpaired) electrons. The van der Waals surface area contributed by atoms with Crippen molar-refractivity contribution in [2.24, 2.45) is 11.8 Å². The third kappa shape index (κ3) is 3.51. The number of hydrogen-bond acceptors (Lipinski definition) is 8. The van der Waals surface area contributed by atoms with Crippen LogP contribution in [-0.4, -0.2) is 57.9 Å². The van der Waals surface area contributed by atoms with Crippen LogP contribution in [-0.2, 0) is 6.42 Å². The van der Waals surface area contributed by atoms with Crippen LogP contribution >= 0.6 is 22.9 Å². The van der Waals surface area contributed by atoms with E-state index in [0.717, 1.165) is 34.6 Å². The number of carbonyl (C=O) groups excluding carboxylic acids is 1. The molecule has 0 aromatic carbocycles. The molecule has 4 aromatic rings. The average Bonchev–Trinajstić information content (AvgIpc) is 3.52. The molecule has 1 aliphatic carbocycles. The molecule has 3 N–H and O–H groups in total. The second-order valence-corrected chi connectivity index (χ2v) is 10.5. The predicted octanol–water partition coefficient (Wildman–Crippen LogP) is 2.63. The van der Waals surface area contributed by atoms with Gasteiger partial charge in [-0.15, -0.1) is 0 Å². The summed E-state index contributed by atoms with van der Waals surface area (Å²) >= 11 is 7.08. The molecule has 0 spiro atoms.